The van der Waals surface area contributed by atoms with Crippen molar-refractivity contribution in [1.29, 1.82) is 0 Å². The van der Waals surface area contributed by atoms with Crippen LogP contribution in [0.5, 0.6) is 0 Å². The number of guanidine groups is 1. The fraction of sp³-hybridized carbons (Fsp3) is 0.938. The first-order chi connectivity index (χ1) is 9.81. The van der Waals surface area contributed by atoms with Crippen molar-refractivity contribution in [3.05, 3.63) is 0 Å². The van der Waals surface area contributed by atoms with Crippen LogP contribution in [0.1, 0.15) is 40.5 Å². The zero-order valence-electron chi connectivity index (χ0n) is 15.3. The number of rotatable bonds is 9. The van der Waals surface area contributed by atoms with Crippen molar-refractivity contribution < 1.29 is 0 Å². The van der Waals surface area contributed by atoms with Gasteiger partial charge in [0.2, 0.25) is 0 Å². The number of thioether (sulfide) groups is 1. The fourth-order valence-electron chi connectivity index (χ4n) is 2.39. The SMILES string of the molecule is CCC(CC)C(CNC(=NC)NCC(C)(C)SC)N(C)C. The van der Waals surface area contributed by atoms with Gasteiger partial charge in [0.1, 0.15) is 0 Å². The summed E-state index contributed by atoms with van der Waals surface area (Å²) in [5.41, 5.74) is 0. The highest BCUT2D eigenvalue weighted by Crippen LogP contribution is 2.19. The average molecular weight is 317 g/mol. The Morgan fingerprint density at radius 1 is 1.19 bits per heavy atom. The summed E-state index contributed by atoms with van der Waals surface area (Å²) in [7, 11) is 6.17. The van der Waals surface area contributed by atoms with E-state index in [1.807, 2.05) is 18.8 Å². The molecule has 2 N–H and O–H groups in total. The van der Waals surface area contributed by atoms with Crippen molar-refractivity contribution in [1.82, 2.24) is 15.5 Å². The van der Waals surface area contributed by atoms with Gasteiger partial charge < -0.3 is 15.5 Å². The molecule has 0 aromatic rings. The molecule has 0 aliphatic heterocycles. The molecule has 0 saturated heterocycles. The zero-order chi connectivity index (χ0) is 16.5. The molecular formula is C16H36N4S. The second kappa shape index (κ2) is 10.3. The normalized spacial score (nSPS) is 14.7. The molecule has 0 aliphatic rings. The van der Waals surface area contributed by atoms with E-state index in [2.05, 4.69) is 68.6 Å². The van der Waals surface area contributed by atoms with Gasteiger partial charge in [-0.1, -0.05) is 26.7 Å². The van der Waals surface area contributed by atoms with E-state index in [0.29, 0.717) is 12.0 Å². The molecule has 0 spiro atoms. The van der Waals surface area contributed by atoms with Crippen molar-refractivity contribution in [2.45, 2.75) is 51.3 Å². The van der Waals surface area contributed by atoms with Gasteiger partial charge in [0, 0.05) is 30.9 Å². The van der Waals surface area contributed by atoms with Crippen LogP contribution in [0.2, 0.25) is 0 Å². The van der Waals surface area contributed by atoms with Crippen molar-refractivity contribution in [3.63, 3.8) is 0 Å². The van der Waals surface area contributed by atoms with Crippen LogP contribution in [0.4, 0.5) is 0 Å². The van der Waals surface area contributed by atoms with E-state index >= 15 is 0 Å². The predicted molar refractivity (Wildman–Crippen MR) is 98.5 cm³/mol. The van der Waals surface area contributed by atoms with Crippen molar-refractivity contribution in [2.24, 2.45) is 10.9 Å². The number of nitrogens with zero attached hydrogens (tertiary/aromatic N) is 2. The summed E-state index contributed by atoms with van der Waals surface area (Å²) in [6.45, 7) is 10.9. The molecule has 126 valence electrons. The second-order valence-corrected chi connectivity index (χ2v) is 7.89. The molecule has 0 saturated carbocycles. The average Bonchev–Trinajstić information content (AvgIpc) is 2.45. The van der Waals surface area contributed by atoms with Gasteiger partial charge in [-0.05, 0) is 40.1 Å². The van der Waals surface area contributed by atoms with Gasteiger partial charge >= 0.3 is 0 Å². The lowest BCUT2D eigenvalue weighted by molar-refractivity contribution is 0.200. The highest BCUT2D eigenvalue weighted by molar-refractivity contribution is 7.99. The summed E-state index contributed by atoms with van der Waals surface area (Å²) in [4.78, 5) is 6.66. The van der Waals surface area contributed by atoms with E-state index in [4.69, 9.17) is 0 Å². The third-order valence-corrected chi connectivity index (χ3v) is 5.44. The Hall–Kier alpha value is -0.420. The topological polar surface area (TPSA) is 39.7 Å². The standard InChI is InChI=1S/C16H36N4S/c1-9-13(10-2)14(20(6)7)11-18-15(17-5)19-12-16(3,4)21-8/h13-14H,9-12H2,1-8H3,(H2,17,18,19). The number of aliphatic imine (C=N–C) groups is 1. The quantitative estimate of drug-likeness (QED) is 0.507. The molecule has 5 heteroatoms. The number of hydrogen-bond acceptors (Lipinski definition) is 3. The minimum absolute atomic E-state index is 0.216. The Kier molecular flexibility index (Phi) is 10.1. The number of likely N-dealkylation sites (N-methyl/N-ethyl adjacent to an activating group) is 1. The molecule has 1 unspecified atom stereocenters. The number of nitrogens with one attached hydrogen (secondary N) is 2. The van der Waals surface area contributed by atoms with Crippen molar-refractivity contribution in [3.8, 4) is 0 Å². The van der Waals surface area contributed by atoms with Crippen LogP contribution < -0.4 is 10.6 Å². The lowest BCUT2D eigenvalue weighted by Gasteiger charge is -2.32. The maximum Gasteiger partial charge on any atom is 0.191 e. The maximum atomic E-state index is 4.33. The van der Waals surface area contributed by atoms with Crippen LogP contribution in [0.3, 0.4) is 0 Å². The monoisotopic (exact) mass is 316 g/mol. The molecular weight excluding hydrogens is 280 g/mol. The van der Waals surface area contributed by atoms with Crippen LogP contribution in [-0.2, 0) is 0 Å². The molecule has 0 rings (SSSR count). The highest BCUT2D eigenvalue weighted by atomic mass is 32.2. The lowest BCUT2D eigenvalue weighted by atomic mass is 9.93. The first-order valence-electron chi connectivity index (χ1n) is 7.97. The Morgan fingerprint density at radius 3 is 2.14 bits per heavy atom. The third-order valence-electron chi connectivity index (χ3n) is 4.19. The van der Waals surface area contributed by atoms with Gasteiger partial charge in [-0.25, -0.2) is 0 Å². The molecule has 4 nitrogen and oxygen atoms in total. The van der Waals surface area contributed by atoms with Crippen LogP contribution in [-0.4, -0.2) is 62.1 Å². The van der Waals surface area contributed by atoms with Gasteiger partial charge in [-0.15, -0.1) is 0 Å². The first-order valence-corrected chi connectivity index (χ1v) is 9.19. The third kappa shape index (κ3) is 7.96. The van der Waals surface area contributed by atoms with Crippen molar-refractivity contribution in [2.75, 3.05) is 40.5 Å². The molecule has 0 aliphatic carbocycles. The van der Waals surface area contributed by atoms with E-state index in [-0.39, 0.29) is 4.75 Å². The molecule has 0 radical (unpaired) electrons. The van der Waals surface area contributed by atoms with E-state index in [9.17, 15) is 0 Å². The van der Waals surface area contributed by atoms with E-state index in [1.165, 1.54) is 12.8 Å². The largest absolute Gasteiger partial charge is 0.355 e. The molecule has 21 heavy (non-hydrogen) atoms. The molecule has 0 aromatic heterocycles. The highest BCUT2D eigenvalue weighted by Gasteiger charge is 2.21. The summed E-state index contributed by atoms with van der Waals surface area (Å²) in [5.74, 6) is 1.61. The summed E-state index contributed by atoms with van der Waals surface area (Å²) in [6, 6.07) is 0.534. The molecule has 1 atom stereocenters. The van der Waals surface area contributed by atoms with Crippen LogP contribution in [0, 0.1) is 5.92 Å². The Morgan fingerprint density at radius 2 is 1.76 bits per heavy atom. The summed E-state index contributed by atoms with van der Waals surface area (Å²) >= 11 is 1.87. The minimum atomic E-state index is 0.216. The molecule has 0 heterocycles. The van der Waals surface area contributed by atoms with Gasteiger partial charge in [-0.2, -0.15) is 11.8 Å². The summed E-state index contributed by atoms with van der Waals surface area (Å²) in [5, 5.41) is 6.91. The predicted octanol–water partition coefficient (Wildman–Crippen LogP) is 2.66. The van der Waals surface area contributed by atoms with E-state index in [1.54, 1.807) is 0 Å². The minimum Gasteiger partial charge on any atom is -0.355 e. The van der Waals surface area contributed by atoms with Gasteiger partial charge in [0.15, 0.2) is 5.96 Å². The van der Waals surface area contributed by atoms with Gasteiger partial charge in [0.05, 0.1) is 0 Å². The second-order valence-electron chi connectivity index (χ2n) is 6.38. The van der Waals surface area contributed by atoms with Crippen molar-refractivity contribution >= 4 is 17.7 Å². The van der Waals surface area contributed by atoms with Crippen LogP contribution >= 0.6 is 11.8 Å². The fourth-order valence-corrected chi connectivity index (χ4v) is 2.61. The molecule has 0 amide bonds. The Labute approximate surface area is 136 Å². The Bertz CT molecular complexity index is 299. The smallest absolute Gasteiger partial charge is 0.191 e. The van der Waals surface area contributed by atoms with Crippen LogP contribution in [0.25, 0.3) is 0 Å². The van der Waals surface area contributed by atoms with Crippen LogP contribution in [0.15, 0.2) is 4.99 Å². The Balaban J connectivity index is 4.48. The van der Waals surface area contributed by atoms with E-state index in [0.717, 1.165) is 19.0 Å². The maximum absolute atomic E-state index is 4.33. The lowest BCUT2D eigenvalue weighted by Crippen LogP contribution is -2.49. The zero-order valence-corrected chi connectivity index (χ0v) is 16.1. The summed E-state index contributed by atoms with van der Waals surface area (Å²) in [6.07, 6.45) is 4.58. The molecule has 0 bridgehead atoms. The van der Waals surface area contributed by atoms with Gasteiger partial charge in [0.25, 0.3) is 0 Å². The van der Waals surface area contributed by atoms with E-state index < -0.39 is 0 Å². The number of hydrogen-bond donors (Lipinski definition) is 2. The molecule has 0 aromatic carbocycles. The van der Waals surface area contributed by atoms with Gasteiger partial charge in [-0.3, -0.25) is 4.99 Å². The summed E-state index contributed by atoms with van der Waals surface area (Å²) < 4.78 is 0.216. The first kappa shape index (κ1) is 20.6. The molecule has 0 fully saturated rings.